The highest BCUT2D eigenvalue weighted by Gasteiger charge is 2.36. The predicted molar refractivity (Wildman–Crippen MR) is 102 cm³/mol. The minimum absolute atomic E-state index is 0.252. The van der Waals surface area contributed by atoms with Gasteiger partial charge in [-0.15, -0.1) is 0 Å². The van der Waals surface area contributed by atoms with Crippen LogP contribution >= 0.6 is 0 Å². The lowest BCUT2D eigenvalue weighted by atomic mass is 9.83. The molecule has 0 saturated carbocycles. The van der Waals surface area contributed by atoms with Gasteiger partial charge >= 0.3 is 0 Å². The Morgan fingerprint density at radius 3 is 1.59 bits per heavy atom. The van der Waals surface area contributed by atoms with Crippen LogP contribution in [-0.4, -0.2) is 39.4 Å². The number of rotatable bonds is 9. The van der Waals surface area contributed by atoms with Crippen LogP contribution in [-0.2, 0) is 0 Å². The number of hydrogen-bond acceptors (Lipinski definition) is 6. The molecule has 0 aliphatic carbocycles. The van der Waals surface area contributed by atoms with E-state index < -0.39 is 12.0 Å². The maximum absolute atomic E-state index is 11.8. The van der Waals surface area contributed by atoms with E-state index in [0.29, 0.717) is 40.5 Å². The van der Waals surface area contributed by atoms with Gasteiger partial charge in [0.25, 0.3) is 0 Å². The highest BCUT2D eigenvalue weighted by molar-refractivity contribution is 5.52. The molecule has 1 atom stereocenters. The second-order valence-electron chi connectivity index (χ2n) is 5.95. The molecule has 0 aromatic heterocycles. The van der Waals surface area contributed by atoms with Gasteiger partial charge in [0.15, 0.2) is 0 Å². The van der Waals surface area contributed by atoms with Crippen molar-refractivity contribution in [2.45, 2.75) is 25.3 Å². The number of nitrogens with zero attached hydrogens (tertiary/aromatic N) is 1. The van der Waals surface area contributed by atoms with Crippen LogP contribution in [0.5, 0.6) is 23.0 Å². The van der Waals surface area contributed by atoms with Crippen molar-refractivity contribution < 1.29 is 23.9 Å². The third-order valence-corrected chi connectivity index (χ3v) is 4.63. The van der Waals surface area contributed by atoms with Gasteiger partial charge in [-0.2, -0.15) is 0 Å². The molecule has 146 valence electrons. The summed E-state index contributed by atoms with van der Waals surface area (Å²) in [5.41, 5.74) is 1.40. The predicted octanol–water partition coefficient (Wildman–Crippen LogP) is 3.91. The fourth-order valence-electron chi connectivity index (χ4n) is 3.24. The standard InChI is InChI=1S/C20H25NO6/c1-6-17(21(22)23)20(15-9-7-13(24-2)11-18(15)26-4)16-10-8-14(25-3)12-19(16)27-5/h7-12,17,20H,6H2,1-5H3. The SMILES string of the molecule is CCC(C(c1ccc(OC)cc1OC)c1ccc(OC)cc1OC)[N+](=O)[O-]. The van der Waals surface area contributed by atoms with Crippen molar-refractivity contribution in [1.29, 1.82) is 0 Å². The average molecular weight is 375 g/mol. The topological polar surface area (TPSA) is 80.1 Å². The summed E-state index contributed by atoms with van der Waals surface area (Å²) in [5, 5.41) is 11.8. The van der Waals surface area contributed by atoms with Gasteiger partial charge in [-0.05, 0) is 12.1 Å². The van der Waals surface area contributed by atoms with E-state index in [2.05, 4.69) is 0 Å². The second-order valence-corrected chi connectivity index (χ2v) is 5.95. The third-order valence-electron chi connectivity index (χ3n) is 4.63. The van der Waals surface area contributed by atoms with Crippen LogP contribution in [0.4, 0.5) is 0 Å². The Hall–Kier alpha value is -2.96. The van der Waals surface area contributed by atoms with Gasteiger partial charge < -0.3 is 18.9 Å². The molecule has 0 spiro atoms. The van der Waals surface area contributed by atoms with Gasteiger partial charge in [0.2, 0.25) is 6.04 Å². The molecule has 0 amide bonds. The van der Waals surface area contributed by atoms with E-state index in [4.69, 9.17) is 18.9 Å². The first-order chi connectivity index (χ1) is 13.0. The maximum atomic E-state index is 11.8. The quantitative estimate of drug-likeness (QED) is 0.488. The molecule has 0 N–H and O–H groups in total. The van der Waals surface area contributed by atoms with Crippen LogP contribution in [0.15, 0.2) is 36.4 Å². The monoisotopic (exact) mass is 375 g/mol. The van der Waals surface area contributed by atoms with Crippen LogP contribution in [0.25, 0.3) is 0 Å². The minimum atomic E-state index is -0.852. The molecule has 7 nitrogen and oxygen atoms in total. The normalized spacial score (nSPS) is 11.8. The highest BCUT2D eigenvalue weighted by Crippen LogP contribution is 2.42. The molecule has 0 saturated heterocycles. The Morgan fingerprint density at radius 2 is 1.30 bits per heavy atom. The van der Waals surface area contributed by atoms with Gasteiger partial charge in [-0.25, -0.2) is 0 Å². The van der Waals surface area contributed by atoms with Crippen molar-refractivity contribution in [2.75, 3.05) is 28.4 Å². The Bertz CT molecular complexity index is 737. The Kier molecular flexibility index (Phi) is 6.87. The Morgan fingerprint density at radius 1 is 0.852 bits per heavy atom. The molecule has 1 unspecified atom stereocenters. The third kappa shape index (κ3) is 4.24. The number of benzene rings is 2. The highest BCUT2D eigenvalue weighted by atomic mass is 16.6. The summed E-state index contributed by atoms with van der Waals surface area (Å²) in [7, 11) is 6.19. The summed E-state index contributed by atoms with van der Waals surface area (Å²) in [6, 6.07) is 9.75. The van der Waals surface area contributed by atoms with E-state index in [1.807, 2.05) is 0 Å². The van der Waals surface area contributed by atoms with E-state index in [-0.39, 0.29) is 4.92 Å². The molecular formula is C20H25NO6. The lowest BCUT2D eigenvalue weighted by Crippen LogP contribution is -2.28. The van der Waals surface area contributed by atoms with Gasteiger partial charge in [0.05, 0.1) is 34.4 Å². The van der Waals surface area contributed by atoms with Crippen molar-refractivity contribution in [2.24, 2.45) is 0 Å². The Balaban J connectivity index is 2.72. The molecule has 0 heterocycles. The molecule has 0 fully saturated rings. The van der Waals surface area contributed by atoms with Crippen LogP contribution in [0.2, 0.25) is 0 Å². The summed E-state index contributed by atoms with van der Waals surface area (Å²) >= 11 is 0. The summed E-state index contributed by atoms with van der Waals surface area (Å²) < 4.78 is 21.5. The van der Waals surface area contributed by atoms with Crippen LogP contribution in [0.3, 0.4) is 0 Å². The summed E-state index contributed by atoms with van der Waals surface area (Å²) in [6.07, 6.45) is 0.349. The van der Waals surface area contributed by atoms with Gasteiger partial charge in [-0.1, -0.05) is 19.1 Å². The van der Waals surface area contributed by atoms with Gasteiger partial charge in [-0.3, -0.25) is 10.1 Å². The van der Waals surface area contributed by atoms with Crippen molar-refractivity contribution in [3.8, 4) is 23.0 Å². The van der Waals surface area contributed by atoms with Crippen LogP contribution < -0.4 is 18.9 Å². The van der Waals surface area contributed by atoms with E-state index in [0.717, 1.165) is 0 Å². The second kappa shape index (κ2) is 9.12. The summed E-state index contributed by atoms with van der Waals surface area (Å²) in [6.45, 7) is 1.80. The average Bonchev–Trinajstić information content (AvgIpc) is 2.70. The maximum Gasteiger partial charge on any atom is 0.223 e. The Labute approximate surface area is 159 Å². The van der Waals surface area contributed by atoms with E-state index in [1.54, 1.807) is 57.5 Å². The molecule has 0 bridgehead atoms. The van der Waals surface area contributed by atoms with E-state index in [1.165, 1.54) is 14.2 Å². The van der Waals surface area contributed by atoms with Crippen molar-refractivity contribution in [1.82, 2.24) is 0 Å². The fraction of sp³-hybridized carbons (Fsp3) is 0.400. The van der Waals surface area contributed by atoms with Crippen molar-refractivity contribution in [3.05, 3.63) is 57.6 Å². The van der Waals surface area contributed by atoms with E-state index >= 15 is 0 Å². The number of methoxy groups -OCH3 is 4. The zero-order chi connectivity index (χ0) is 20.0. The van der Waals surface area contributed by atoms with Crippen molar-refractivity contribution >= 4 is 0 Å². The number of nitro groups is 1. The minimum Gasteiger partial charge on any atom is -0.497 e. The number of ether oxygens (including phenoxy) is 4. The fourth-order valence-corrected chi connectivity index (χ4v) is 3.24. The molecule has 2 rings (SSSR count). The molecule has 2 aromatic carbocycles. The largest absolute Gasteiger partial charge is 0.497 e. The number of hydrogen-bond donors (Lipinski definition) is 0. The molecular weight excluding hydrogens is 350 g/mol. The van der Waals surface area contributed by atoms with Crippen molar-refractivity contribution in [3.63, 3.8) is 0 Å². The van der Waals surface area contributed by atoms with E-state index in [9.17, 15) is 10.1 Å². The van der Waals surface area contributed by atoms with Gasteiger partial charge in [0, 0.05) is 34.6 Å². The lowest BCUT2D eigenvalue weighted by Gasteiger charge is -2.25. The van der Waals surface area contributed by atoms with Crippen LogP contribution in [0, 0.1) is 10.1 Å². The smallest absolute Gasteiger partial charge is 0.223 e. The summed E-state index contributed by atoms with van der Waals surface area (Å²) in [4.78, 5) is 11.6. The van der Waals surface area contributed by atoms with Gasteiger partial charge in [0.1, 0.15) is 23.0 Å². The molecule has 7 heteroatoms. The first-order valence-corrected chi connectivity index (χ1v) is 8.57. The molecule has 0 aliphatic rings. The van der Waals surface area contributed by atoms with Crippen LogP contribution in [0.1, 0.15) is 30.4 Å². The molecule has 0 aliphatic heterocycles. The zero-order valence-corrected chi connectivity index (χ0v) is 16.2. The zero-order valence-electron chi connectivity index (χ0n) is 16.2. The molecule has 27 heavy (non-hydrogen) atoms. The lowest BCUT2D eigenvalue weighted by molar-refractivity contribution is -0.525. The first-order valence-electron chi connectivity index (χ1n) is 8.57. The molecule has 2 aromatic rings. The summed E-state index contributed by atoms with van der Waals surface area (Å²) in [5.74, 6) is 1.72. The first kappa shape index (κ1) is 20.4. The molecule has 0 radical (unpaired) electrons.